The quantitative estimate of drug-likeness (QED) is 0.636. The van der Waals surface area contributed by atoms with Gasteiger partial charge >= 0.3 is 0 Å². The first-order valence-electron chi connectivity index (χ1n) is 8.12. The van der Waals surface area contributed by atoms with Crippen LogP contribution in [-0.2, 0) is 21.4 Å². The van der Waals surface area contributed by atoms with E-state index in [-0.39, 0.29) is 10.8 Å². The molecule has 0 radical (unpaired) electrons. The van der Waals surface area contributed by atoms with Crippen LogP contribution in [0.3, 0.4) is 0 Å². The van der Waals surface area contributed by atoms with Gasteiger partial charge in [-0.15, -0.1) is 0 Å². The zero-order valence-electron chi connectivity index (χ0n) is 15.1. The molecule has 27 heavy (non-hydrogen) atoms. The zero-order valence-corrected chi connectivity index (χ0v) is 17.5. The number of carbonyl (C=O) groups excluding carboxylic acids is 1. The van der Waals surface area contributed by atoms with Crippen molar-refractivity contribution in [3.8, 4) is 5.75 Å². The van der Waals surface area contributed by atoms with Crippen LogP contribution in [0.1, 0.15) is 12.0 Å². The van der Waals surface area contributed by atoms with E-state index in [9.17, 15) is 13.2 Å². The lowest BCUT2D eigenvalue weighted by Crippen LogP contribution is -2.24. The number of ether oxygens (including phenoxy) is 1. The Balaban J connectivity index is 1.87. The monoisotopic (exact) mass is 455 g/mol. The van der Waals surface area contributed by atoms with Gasteiger partial charge in [0, 0.05) is 35.2 Å². The van der Waals surface area contributed by atoms with Crippen LogP contribution in [0.4, 0.5) is 5.69 Å². The molecule has 1 amide bonds. The van der Waals surface area contributed by atoms with Crippen LogP contribution in [0.5, 0.6) is 5.75 Å². The van der Waals surface area contributed by atoms with E-state index in [1.807, 2.05) is 30.1 Å². The summed E-state index contributed by atoms with van der Waals surface area (Å²) in [6, 6.07) is 11.5. The standard InChI is InChI=1S/C18H22BrN3O4S/c1-22(12-13-11-14(19)3-8-17(13)26-2)10-9-18(23)21-15-4-6-16(7-5-15)27(20,24)25/h3-8,11H,9-10,12H2,1-2H3,(H,21,23)(H2,20,24,25). The lowest BCUT2D eigenvalue weighted by atomic mass is 10.2. The number of benzene rings is 2. The number of anilines is 1. The van der Waals surface area contributed by atoms with Crippen LogP contribution in [0.2, 0.25) is 0 Å². The van der Waals surface area contributed by atoms with Crippen LogP contribution in [0.25, 0.3) is 0 Å². The van der Waals surface area contributed by atoms with E-state index in [0.29, 0.717) is 25.2 Å². The molecular formula is C18H22BrN3O4S. The minimum atomic E-state index is -3.74. The third-order valence-corrected chi connectivity index (χ3v) is 5.29. The van der Waals surface area contributed by atoms with E-state index in [1.165, 1.54) is 24.3 Å². The molecule has 2 rings (SSSR count). The molecule has 0 aliphatic rings. The van der Waals surface area contributed by atoms with Crippen molar-refractivity contribution in [1.82, 2.24) is 4.90 Å². The maximum absolute atomic E-state index is 12.1. The first-order chi connectivity index (χ1) is 12.7. The van der Waals surface area contributed by atoms with Gasteiger partial charge in [0.05, 0.1) is 12.0 Å². The van der Waals surface area contributed by atoms with Crippen molar-refractivity contribution in [1.29, 1.82) is 0 Å². The Kier molecular flexibility index (Phi) is 7.37. The van der Waals surface area contributed by atoms with Crippen molar-refractivity contribution in [3.05, 3.63) is 52.5 Å². The molecule has 146 valence electrons. The SMILES string of the molecule is COc1ccc(Br)cc1CN(C)CCC(=O)Nc1ccc(S(N)(=O)=O)cc1. The number of nitrogens with one attached hydrogen (secondary N) is 1. The molecule has 2 aromatic carbocycles. The molecule has 7 nitrogen and oxygen atoms in total. The third-order valence-electron chi connectivity index (χ3n) is 3.87. The number of nitrogens with zero attached hydrogens (tertiary/aromatic N) is 1. The summed E-state index contributed by atoms with van der Waals surface area (Å²) < 4.78 is 28.8. The topological polar surface area (TPSA) is 102 Å². The normalized spacial score (nSPS) is 11.4. The molecule has 0 spiro atoms. The van der Waals surface area contributed by atoms with Crippen LogP contribution in [0, 0.1) is 0 Å². The van der Waals surface area contributed by atoms with E-state index < -0.39 is 10.0 Å². The van der Waals surface area contributed by atoms with Gasteiger partial charge in [-0.1, -0.05) is 15.9 Å². The van der Waals surface area contributed by atoms with Gasteiger partial charge in [0.1, 0.15) is 5.75 Å². The fourth-order valence-corrected chi connectivity index (χ4v) is 3.41. The third kappa shape index (κ3) is 6.62. The number of primary sulfonamides is 1. The van der Waals surface area contributed by atoms with Crippen LogP contribution >= 0.6 is 15.9 Å². The Morgan fingerprint density at radius 2 is 1.89 bits per heavy atom. The van der Waals surface area contributed by atoms with E-state index in [0.717, 1.165) is 15.8 Å². The van der Waals surface area contributed by atoms with Gasteiger partial charge in [-0.05, 0) is 49.5 Å². The van der Waals surface area contributed by atoms with Gasteiger partial charge in [0.2, 0.25) is 15.9 Å². The average Bonchev–Trinajstić information content (AvgIpc) is 2.60. The number of nitrogens with two attached hydrogens (primary N) is 1. The van der Waals surface area contributed by atoms with Gasteiger partial charge in [0.15, 0.2) is 0 Å². The Hall–Kier alpha value is -1.94. The highest BCUT2D eigenvalue weighted by Crippen LogP contribution is 2.24. The summed E-state index contributed by atoms with van der Waals surface area (Å²) in [5, 5.41) is 7.79. The molecule has 0 aromatic heterocycles. The molecule has 0 aliphatic heterocycles. The van der Waals surface area contributed by atoms with Crippen LogP contribution in [-0.4, -0.2) is 39.9 Å². The van der Waals surface area contributed by atoms with E-state index in [4.69, 9.17) is 9.88 Å². The maximum Gasteiger partial charge on any atom is 0.238 e. The number of halogens is 1. The minimum Gasteiger partial charge on any atom is -0.496 e. The molecule has 9 heteroatoms. The molecule has 0 aliphatic carbocycles. The van der Waals surface area contributed by atoms with Crippen molar-refractivity contribution in [3.63, 3.8) is 0 Å². The highest BCUT2D eigenvalue weighted by atomic mass is 79.9. The summed E-state index contributed by atoms with van der Waals surface area (Å²) >= 11 is 3.45. The van der Waals surface area contributed by atoms with Crippen molar-refractivity contribution < 1.29 is 17.9 Å². The second-order valence-electron chi connectivity index (χ2n) is 6.06. The highest BCUT2D eigenvalue weighted by molar-refractivity contribution is 9.10. The average molecular weight is 456 g/mol. The minimum absolute atomic E-state index is 0.00296. The lowest BCUT2D eigenvalue weighted by Gasteiger charge is -2.18. The number of hydrogen-bond acceptors (Lipinski definition) is 5. The largest absolute Gasteiger partial charge is 0.496 e. The molecule has 0 bridgehead atoms. The van der Waals surface area contributed by atoms with E-state index in [1.54, 1.807) is 7.11 Å². The van der Waals surface area contributed by atoms with Gasteiger partial charge < -0.3 is 15.0 Å². The van der Waals surface area contributed by atoms with Gasteiger partial charge in [-0.3, -0.25) is 4.79 Å². The molecule has 3 N–H and O–H groups in total. The van der Waals surface area contributed by atoms with Crippen molar-refractivity contribution in [2.24, 2.45) is 5.14 Å². The van der Waals surface area contributed by atoms with E-state index >= 15 is 0 Å². The fraction of sp³-hybridized carbons (Fsp3) is 0.278. The summed E-state index contributed by atoms with van der Waals surface area (Å²) in [5.41, 5.74) is 1.54. The molecular weight excluding hydrogens is 434 g/mol. The van der Waals surface area contributed by atoms with Gasteiger partial charge in [-0.2, -0.15) is 0 Å². The number of sulfonamides is 1. The number of amides is 1. The number of rotatable bonds is 8. The van der Waals surface area contributed by atoms with Crippen molar-refractivity contribution in [2.75, 3.05) is 26.0 Å². The van der Waals surface area contributed by atoms with Gasteiger partial charge in [0.25, 0.3) is 0 Å². The summed E-state index contributed by atoms with van der Waals surface area (Å²) in [7, 11) is -0.190. The molecule has 2 aromatic rings. The number of carbonyl (C=O) groups is 1. The predicted molar refractivity (Wildman–Crippen MR) is 108 cm³/mol. The van der Waals surface area contributed by atoms with Gasteiger partial charge in [-0.25, -0.2) is 13.6 Å². The van der Waals surface area contributed by atoms with Crippen molar-refractivity contribution >= 4 is 37.5 Å². The molecule has 0 saturated heterocycles. The molecule has 0 unspecified atom stereocenters. The molecule has 0 saturated carbocycles. The Morgan fingerprint density at radius 1 is 1.22 bits per heavy atom. The molecule has 0 heterocycles. The van der Waals surface area contributed by atoms with Crippen LogP contribution < -0.4 is 15.2 Å². The first kappa shape index (κ1) is 21.4. The smallest absolute Gasteiger partial charge is 0.238 e. The highest BCUT2D eigenvalue weighted by Gasteiger charge is 2.11. The second-order valence-corrected chi connectivity index (χ2v) is 8.54. The maximum atomic E-state index is 12.1. The summed E-state index contributed by atoms with van der Waals surface area (Å²) in [5.74, 6) is 0.635. The Labute approximate surface area is 167 Å². The fourth-order valence-electron chi connectivity index (χ4n) is 2.48. The first-order valence-corrected chi connectivity index (χ1v) is 10.5. The van der Waals surface area contributed by atoms with E-state index in [2.05, 4.69) is 21.2 Å². The van der Waals surface area contributed by atoms with Crippen LogP contribution in [0.15, 0.2) is 51.8 Å². The Bertz CT molecular complexity index is 901. The van der Waals surface area contributed by atoms with Crippen molar-refractivity contribution in [2.45, 2.75) is 17.9 Å². The zero-order chi connectivity index (χ0) is 20.0. The summed E-state index contributed by atoms with van der Waals surface area (Å²) in [6.07, 6.45) is 0.295. The Morgan fingerprint density at radius 3 is 2.48 bits per heavy atom. The number of methoxy groups -OCH3 is 1. The predicted octanol–water partition coefficient (Wildman–Crippen LogP) is 2.57. The lowest BCUT2D eigenvalue weighted by molar-refractivity contribution is -0.116. The molecule has 0 atom stereocenters. The summed E-state index contributed by atoms with van der Waals surface area (Å²) in [6.45, 7) is 1.19. The summed E-state index contributed by atoms with van der Waals surface area (Å²) in [4.78, 5) is 14.1. The molecule has 0 fully saturated rings. The number of hydrogen-bond donors (Lipinski definition) is 2. The second kappa shape index (κ2) is 9.32.